The first-order chi connectivity index (χ1) is 8.61. The number of anilines is 2. The highest BCUT2D eigenvalue weighted by atomic mass is 16.1. The van der Waals surface area contributed by atoms with Crippen molar-refractivity contribution in [3.8, 4) is 11.3 Å². The second-order valence-corrected chi connectivity index (χ2v) is 3.57. The van der Waals surface area contributed by atoms with Crippen LogP contribution in [0.1, 0.15) is 10.5 Å². The van der Waals surface area contributed by atoms with Crippen molar-refractivity contribution in [2.45, 2.75) is 0 Å². The van der Waals surface area contributed by atoms with Crippen molar-refractivity contribution < 1.29 is 4.79 Å². The predicted molar refractivity (Wildman–Crippen MR) is 67.7 cm³/mol. The Bertz CT molecular complexity index is 598. The number of nitrogens with one attached hydrogen (secondary N) is 1. The number of carbonyl (C=O) groups excluding carboxylic acids is 1. The van der Waals surface area contributed by atoms with Gasteiger partial charge < -0.3 is 16.8 Å². The normalized spacial score (nSPS) is 10.1. The SMILES string of the molecule is CNc1cncc(-c2cnc(N)c(C(N)=O)n2)c1. The average molecular weight is 244 g/mol. The van der Waals surface area contributed by atoms with E-state index in [2.05, 4.69) is 20.3 Å². The molecule has 2 rings (SSSR count). The molecule has 0 aliphatic heterocycles. The fourth-order valence-electron chi connectivity index (χ4n) is 1.44. The molecule has 0 saturated carbocycles. The fourth-order valence-corrected chi connectivity index (χ4v) is 1.44. The summed E-state index contributed by atoms with van der Waals surface area (Å²) in [6.45, 7) is 0. The molecule has 7 nitrogen and oxygen atoms in total. The quantitative estimate of drug-likeness (QED) is 0.712. The molecule has 2 aromatic rings. The molecule has 0 spiro atoms. The van der Waals surface area contributed by atoms with Gasteiger partial charge >= 0.3 is 0 Å². The van der Waals surface area contributed by atoms with Gasteiger partial charge in [-0.15, -0.1) is 0 Å². The van der Waals surface area contributed by atoms with Crippen molar-refractivity contribution >= 4 is 17.4 Å². The highest BCUT2D eigenvalue weighted by Gasteiger charge is 2.11. The molecular formula is C11H12N6O. The highest BCUT2D eigenvalue weighted by Crippen LogP contribution is 2.20. The van der Waals surface area contributed by atoms with Crippen molar-refractivity contribution in [1.29, 1.82) is 0 Å². The van der Waals surface area contributed by atoms with Gasteiger partial charge in [-0.05, 0) is 6.07 Å². The molecular weight excluding hydrogens is 232 g/mol. The van der Waals surface area contributed by atoms with E-state index in [1.54, 1.807) is 19.4 Å². The van der Waals surface area contributed by atoms with Crippen molar-refractivity contribution in [2.75, 3.05) is 18.1 Å². The molecule has 0 aliphatic carbocycles. The Kier molecular flexibility index (Phi) is 3.05. The monoisotopic (exact) mass is 244 g/mol. The van der Waals surface area contributed by atoms with Gasteiger partial charge in [0.25, 0.3) is 5.91 Å². The van der Waals surface area contributed by atoms with E-state index in [0.29, 0.717) is 5.69 Å². The predicted octanol–water partition coefficient (Wildman–Crippen LogP) is 0.261. The second-order valence-electron chi connectivity index (χ2n) is 3.57. The zero-order valence-electron chi connectivity index (χ0n) is 9.71. The van der Waals surface area contributed by atoms with Crippen LogP contribution in [-0.2, 0) is 0 Å². The van der Waals surface area contributed by atoms with E-state index < -0.39 is 5.91 Å². The van der Waals surface area contributed by atoms with Gasteiger partial charge in [-0.2, -0.15) is 0 Å². The van der Waals surface area contributed by atoms with Crippen LogP contribution in [0.5, 0.6) is 0 Å². The molecule has 2 aromatic heterocycles. The van der Waals surface area contributed by atoms with Crippen molar-refractivity contribution in [3.63, 3.8) is 0 Å². The number of carbonyl (C=O) groups is 1. The molecule has 0 fully saturated rings. The standard InChI is InChI=1S/C11H12N6O/c1-14-7-2-6(3-15-4-7)8-5-16-10(12)9(17-8)11(13)18/h2-5,14H,1H3,(H2,12,16)(H2,13,18). The minimum atomic E-state index is -0.709. The molecule has 18 heavy (non-hydrogen) atoms. The lowest BCUT2D eigenvalue weighted by molar-refractivity contribution is 0.0996. The number of nitrogens with zero attached hydrogens (tertiary/aromatic N) is 3. The summed E-state index contributed by atoms with van der Waals surface area (Å²) in [6.07, 6.45) is 4.76. The van der Waals surface area contributed by atoms with E-state index in [-0.39, 0.29) is 11.5 Å². The minimum Gasteiger partial charge on any atom is -0.387 e. The lowest BCUT2D eigenvalue weighted by Gasteiger charge is -2.05. The largest absolute Gasteiger partial charge is 0.387 e. The summed E-state index contributed by atoms with van der Waals surface area (Å²) in [5.41, 5.74) is 12.7. The molecule has 7 heteroatoms. The maximum atomic E-state index is 11.1. The third-order valence-corrected chi connectivity index (χ3v) is 2.36. The molecule has 0 aromatic carbocycles. The van der Waals surface area contributed by atoms with Gasteiger partial charge in [0.15, 0.2) is 11.5 Å². The first-order valence-corrected chi connectivity index (χ1v) is 5.17. The number of nitrogen functional groups attached to an aromatic ring is 1. The van der Waals surface area contributed by atoms with E-state index in [9.17, 15) is 4.79 Å². The topological polar surface area (TPSA) is 120 Å². The lowest BCUT2D eigenvalue weighted by Crippen LogP contribution is -2.17. The van der Waals surface area contributed by atoms with Gasteiger partial charge in [-0.3, -0.25) is 9.78 Å². The summed E-state index contributed by atoms with van der Waals surface area (Å²) >= 11 is 0. The number of rotatable bonds is 3. The van der Waals surface area contributed by atoms with Gasteiger partial charge in [0.2, 0.25) is 0 Å². The summed E-state index contributed by atoms with van der Waals surface area (Å²) in [5.74, 6) is -0.691. The molecule has 92 valence electrons. The van der Waals surface area contributed by atoms with E-state index in [4.69, 9.17) is 11.5 Å². The molecule has 0 aliphatic rings. The van der Waals surface area contributed by atoms with Crippen molar-refractivity contribution in [1.82, 2.24) is 15.0 Å². The summed E-state index contributed by atoms with van der Waals surface area (Å²) in [5, 5.41) is 2.96. The Balaban J connectivity index is 2.50. The molecule has 0 unspecified atom stereocenters. The lowest BCUT2D eigenvalue weighted by atomic mass is 10.2. The molecule has 0 saturated heterocycles. The van der Waals surface area contributed by atoms with E-state index in [1.807, 2.05) is 6.07 Å². The van der Waals surface area contributed by atoms with Crippen LogP contribution < -0.4 is 16.8 Å². The highest BCUT2D eigenvalue weighted by molar-refractivity contribution is 5.95. The first kappa shape index (κ1) is 11.8. The van der Waals surface area contributed by atoms with Crippen LogP contribution in [-0.4, -0.2) is 27.9 Å². The van der Waals surface area contributed by atoms with Crippen LogP contribution in [0.2, 0.25) is 0 Å². The second kappa shape index (κ2) is 4.66. The van der Waals surface area contributed by atoms with Crippen molar-refractivity contribution in [3.05, 3.63) is 30.4 Å². The molecule has 0 bridgehead atoms. The van der Waals surface area contributed by atoms with Gasteiger partial charge in [-0.25, -0.2) is 9.97 Å². The van der Waals surface area contributed by atoms with E-state index in [1.165, 1.54) is 6.20 Å². The Labute approximate surface area is 103 Å². The number of aromatic nitrogens is 3. The third-order valence-electron chi connectivity index (χ3n) is 2.36. The molecule has 0 radical (unpaired) electrons. The van der Waals surface area contributed by atoms with Crippen LogP contribution in [0.25, 0.3) is 11.3 Å². The van der Waals surface area contributed by atoms with E-state index in [0.717, 1.165) is 11.3 Å². The van der Waals surface area contributed by atoms with Crippen molar-refractivity contribution in [2.24, 2.45) is 5.73 Å². The number of hydrogen-bond acceptors (Lipinski definition) is 6. The Morgan fingerprint density at radius 3 is 2.78 bits per heavy atom. The Morgan fingerprint density at radius 1 is 1.33 bits per heavy atom. The zero-order valence-corrected chi connectivity index (χ0v) is 9.71. The number of nitrogens with two attached hydrogens (primary N) is 2. The number of pyridine rings is 1. The van der Waals surface area contributed by atoms with Crippen LogP contribution >= 0.6 is 0 Å². The number of primary amides is 1. The summed E-state index contributed by atoms with van der Waals surface area (Å²) in [4.78, 5) is 23.2. The fraction of sp³-hybridized carbons (Fsp3) is 0.0909. The van der Waals surface area contributed by atoms with Crippen LogP contribution in [0, 0.1) is 0 Å². The summed E-state index contributed by atoms with van der Waals surface area (Å²) < 4.78 is 0. The van der Waals surface area contributed by atoms with Gasteiger partial charge in [0.05, 0.1) is 17.6 Å². The maximum absolute atomic E-state index is 11.1. The Morgan fingerprint density at radius 2 is 2.11 bits per heavy atom. The molecule has 0 atom stereocenters. The van der Waals surface area contributed by atoms with Gasteiger partial charge in [-0.1, -0.05) is 0 Å². The molecule has 2 heterocycles. The smallest absolute Gasteiger partial charge is 0.271 e. The number of amides is 1. The minimum absolute atomic E-state index is 0.0176. The summed E-state index contributed by atoms with van der Waals surface area (Å²) in [7, 11) is 1.78. The Hall–Kier alpha value is -2.70. The van der Waals surface area contributed by atoms with Gasteiger partial charge in [0.1, 0.15) is 0 Å². The number of hydrogen-bond donors (Lipinski definition) is 3. The molecule has 1 amide bonds. The average Bonchev–Trinajstić information content (AvgIpc) is 2.39. The van der Waals surface area contributed by atoms with E-state index >= 15 is 0 Å². The van der Waals surface area contributed by atoms with Crippen LogP contribution in [0.3, 0.4) is 0 Å². The first-order valence-electron chi connectivity index (χ1n) is 5.17. The summed E-state index contributed by atoms with van der Waals surface area (Å²) in [6, 6.07) is 1.83. The van der Waals surface area contributed by atoms with Gasteiger partial charge in [0, 0.05) is 25.0 Å². The maximum Gasteiger partial charge on any atom is 0.271 e. The van der Waals surface area contributed by atoms with Crippen LogP contribution in [0.4, 0.5) is 11.5 Å². The molecule has 5 N–H and O–H groups in total. The zero-order chi connectivity index (χ0) is 13.1. The third kappa shape index (κ3) is 2.19. The van der Waals surface area contributed by atoms with Crippen LogP contribution in [0.15, 0.2) is 24.7 Å².